The molecule has 3 rings (SSSR count). The van der Waals surface area contributed by atoms with Gasteiger partial charge in [-0.2, -0.15) is 0 Å². The Morgan fingerprint density at radius 2 is 2.15 bits per heavy atom. The Morgan fingerprint density at radius 1 is 1.37 bits per heavy atom. The Kier molecular flexibility index (Phi) is 6.98. The van der Waals surface area contributed by atoms with Crippen molar-refractivity contribution in [2.45, 2.75) is 18.9 Å². The van der Waals surface area contributed by atoms with Gasteiger partial charge in [-0.05, 0) is 18.9 Å². The molecule has 27 heavy (non-hydrogen) atoms. The van der Waals surface area contributed by atoms with Crippen LogP contribution >= 0.6 is 12.4 Å². The van der Waals surface area contributed by atoms with Gasteiger partial charge >= 0.3 is 5.69 Å². The first-order valence-electron chi connectivity index (χ1n) is 8.63. The van der Waals surface area contributed by atoms with Gasteiger partial charge in [0.15, 0.2) is 5.75 Å². The molecule has 0 radical (unpaired) electrons. The van der Waals surface area contributed by atoms with Gasteiger partial charge in [0.2, 0.25) is 5.91 Å². The number of amides is 2. The molecule has 2 saturated heterocycles. The first kappa shape index (κ1) is 20.9. The third-order valence-corrected chi connectivity index (χ3v) is 4.87. The van der Waals surface area contributed by atoms with Crippen molar-refractivity contribution in [1.82, 2.24) is 15.1 Å². The molecule has 148 valence electrons. The third-order valence-electron chi connectivity index (χ3n) is 4.87. The van der Waals surface area contributed by atoms with Crippen LogP contribution in [-0.2, 0) is 4.79 Å². The van der Waals surface area contributed by atoms with Crippen molar-refractivity contribution >= 4 is 29.9 Å². The van der Waals surface area contributed by atoms with Crippen LogP contribution in [-0.4, -0.2) is 72.4 Å². The van der Waals surface area contributed by atoms with Gasteiger partial charge in [0.1, 0.15) is 0 Å². The number of carbonyl (C=O) groups is 2. The lowest BCUT2D eigenvalue weighted by atomic mass is 10.0. The number of piperidine rings is 1. The second-order valence-electron chi connectivity index (χ2n) is 6.45. The van der Waals surface area contributed by atoms with Crippen molar-refractivity contribution in [3.63, 3.8) is 0 Å². The molecule has 0 spiro atoms. The van der Waals surface area contributed by atoms with Gasteiger partial charge in [-0.3, -0.25) is 19.7 Å². The number of hydrogen-bond donors (Lipinski definition) is 1. The van der Waals surface area contributed by atoms with Crippen LogP contribution in [0.5, 0.6) is 5.75 Å². The zero-order chi connectivity index (χ0) is 18.7. The largest absolute Gasteiger partial charge is 0.490 e. The Bertz CT molecular complexity index is 729. The van der Waals surface area contributed by atoms with Crippen LogP contribution < -0.4 is 10.1 Å². The third kappa shape index (κ3) is 4.48. The van der Waals surface area contributed by atoms with Gasteiger partial charge in [-0.15, -0.1) is 12.4 Å². The normalized spacial score (nSPS) is 20.0. The van der Waals surface area contributed by atoms with E-state index in [1.54, 1.807) is 4.90 Å². The quantitative estimate of drug-likeness (QED) is 0.600. The minimum atomic E-state index is -0.542. The summed E-state index contributed by atoms with van der Waals surface area (Å²) in [5, 5.41) is 14.0. The number of halogens is 1. The lowest BCUT2D eigenvalue weighted by Crippen LogP contribution is -2.57. The minimum Gasteiger partial charge on any atom is -0.490 e. The van der Waals surface area contributed by atoms with E-state index in [-0.39, 0.29) is 41.7 Å². The lowest BCUT2D eigenvalue weighted by Gasteiger charge is -2.41. The van der Waals surface area contributed by atoms with Gasteiger partial charge in [0, 0.05) is 49.9 Å². The number of nitro groups is 1. The van der Waals surface area contributed by atoms with Crippen molar-refractivity contribution in [3.05, 3.63) is 33.9 Å². The monoisotopic (exact) mass is 398 g/mol. The van der Waals surface area contributed by atoms with E-state index in [9.17, 15) is 19.7 Å². The summed E-state index contributed by atoms with van der Waals surface area (Å²) < 4.78 is 5.04. The minimum absolute atomic E-state index is 0. The highest BCUT2D eigenvalue weighted by atomic mass is 35.5. The molecule has 0 aliphatic carbocycles. The smallest absolute Gasteiger partial charge is 0.310 e. The summed E-state index contributed by atoms with van der Waals surface area (Å²) in [5.41, 5.74) is 0.173. The number of methoxy groups -OCH3 is 1. The predicted molar refractivity (Wildman–Crippen MR) is 100 cm³/mol. The second kappa shape index (κ2) is 9.01. The van der Waals surface area contributed by atoms with Crippen LogP contribution in [0.3, 0.4) is 0 Å². The molecule has 2 fully saturated rings. The fourth-order valence-electron chi connectivity index (χ4n) is 3.54. The van der Waals surface area contributed by atoms with Crippen LogP contribution in [0.15, 0.2) is 18.2 Å². The summed E-state index contributed by atoms with van der Waals surface area (Å²) in [4.78, 5) is 39.0. The molecule has 1 unspecified atom stereocenters. The van der Waals surface area contributed by atoms with E-state index in [2.05, 4.69) is 5.32 Å². The number of rotatable bonds is 4. The van der Waals surface area contributed by atoms with Crippen molar-refractivity contribution < 1.29 is 19.2 Å². The first-order chi connectivity index (χ1) is 12.5. The Balaban J connectivity index is 0.00000261. The summed E-state index contributed by atoms with van der Waals surface area (Å²) in [6.07, 6.45) is 1.69. The zero-order valence-corrected chi connectivity index (χ0v) is 15.9. The number of nitro benzene ring substituents is 1. The molecule has 1 N–H and O–H groups in total. The topological polar surface area (TPSA) is 105 Å². The highest BCUT2D eigenvalue weighted by molar-refractivity contribution is 5.95. The van der Waals surface area contributed by atoms with E-state index in [4.69, 9.17) is 4.74 Å². The average molecular weight is 399 g/mol. The molecule has 1 aromatic rings. The van der Waals surface area contributed by atoms with Gasteiger partial charge in [-0.25, -0.2) is 0 Å². The van der Waals surface area contributed by atoms with Crippen LogP contribution in [0, 0.1) is 10.1 Å². The van der Waals surface area contributed by atoms with Gasteiger partial charge in [0.25, 0.3) is 5.91 Å². The van der Waals surface area contributed by atoms with Crippen molar-refractivity contribution in [2.75, 3.05) is 39.8 Å². The molecule has 1 aromatic carbocycles. The maximum Gasteiger partial charge on any atom is 0.310 e. The molecular formula is C17H23ClN4O5. The number of carbonyl (C=O) groups excluding carboxylic acids is 2. The summed E-state index contributed by atoms with van der Waals surface area (Å²) in [6.45, 7) is 2.83. The Hall–Kier alpha value is -2.39. The lowest BCUT2D eigenvalue weighted by molar-refractivity contribution is -0.385. The van der Waals surface area contributed by atoms with Crippen LogP contribution in [0.4, 0.5) is 5.69 Å². The van der Waals surface area contributed by atoms with Crippen molar-refractivity contribution in [1.29, 1.82) is 0 Å². The summed E-state index contributed by atoms with van der Waals surface area (Å²) >= 11 is 0. The van der Waals surface area contributed by atoms with E-state index in [1.165, 1.54) is 25.3 Å². The van der Waals surface area contributed by atoms with E-state index >= 15 is 0 Å². The number of ether oxygens (including phenoxy) is 1. The van der Waals surface area contributed by atoms with Crippen molar-refractivity contribution in [2.24, 2.45) is 0 Å². The van der Waals surface area contributed by atoms with Gasteiger partial charge in [0.05, 0.1) is 18.6 Å². The Labute approximate surface area is 163 Å². The molecule has 9 nitrogen and oxygen atoms in total. The summed E-state index contributed by atoms with van der Waals surface area (Å²) in [6, 6.07) is 4.15. The van der Waals surface area contributed by atoms with E-state index in [0.29, 0.717) is 31.7 Å². The molecule has 1 atom stereocenters. The molecule has 2 aliphatic heterocycles. The molecule has 0 aromatic heterocycles. The van der Waals surface area contributed by atoms with Crippen LogP contribution in [0.25, 0.3) is 0 Å². The fraction of sp³-hybridized carbons (Fsp3) is 0.529. The number of nitrogens with zero attached hydrogens (tertiary/aromatic N) is 3. The van der Waals surface area contributed by atoms with Crippen LogP contribution in [0.1, 0.15) is 23.2 Å². The van der Waals surface area contributed by atoms with Gasteiger partial charge < -0.3 is 19.9 Å². The maximum atomic E-state index is 12.8. The number of hydrogen-bond acceptors (Lipinski definition) is 6. The second-order valence-corrected chi connectivity index (χ2v) is 6.45. The number of piperazine rings is 1. The highest BCUT2D eigenvalue weighted by Crippen LogP contribution is 2.28. The number of benzene rings is 1. The molecule has 0 saturated carbocycles. The van der Waals surface area contributed by atoms with Crippen molar-refractivity contribution in [3.8, 4) is 5.75 Å². The molecule has 2 aliphatic rings. The van der Waals surface area contributed by atoms with E-state index < -0.39 is 4.92 Å². The summed E-state index contributed by atoms with van der Waals surface area (Å²) in [7, 11) is 1.34. The fourth-order valence-corrected chi connectivity index (χ4v) is 3.54. The Morgan fingerprint density at radius 3 is 2.81 bits per heavy atom. The average Bonchev–Trinajstić information content (AvgIpc) is 2.67. The molecule has 10 heteroatoms. The molecule has 2 amide bonds. The number of likely N-dealkylation sites (tertiary alicyclic amines) is 1. The SMILES string of the molecule is COc1cc(C(=O)N2CCCC(N3CCNCC3=O)C2)ccc1[N+](=O)[O-].Cl. The number of nitrogens with one attached hydrogen (secondary N) is 1. The molecular weight excluding hydrogens is 376 g/mol. The first-order valence-corrected chi connectivity index (χ1v) is 8.63. The molecule has 2 heterocycles. The summed E-state index contributed by atoms with van der Waals surface area (Å²) in [5.74, 6) is -0.0790. The van der Waals surface area contributed by atoms with E-state index in [0.717, 1.165) is 19.4 Å². The molecule has 0 bridgehead atoms. The zero-order valence-electron chi connectivity index (χ0n) is 15.1. The van der Waals surface area contributed by atoms with Gasteiger partial charge in [-0.1, -0.05) is 0 Å². The standard InChI is InChI=1S/C17H22N4O5.ClH/c1-26-15-9-12(4-5-14(15)21(24)25)17(23)19-7-2-3-13(11-19)20-8-6-18-10-16(20)22;/h4-5,9,13,18H,2-3,6-8,10-11H2,1H3;1H. The predicted octanol–water partition coefficient (Wildman–Crippen LogP) is 1.06. The highest BCUT2D eigenvalue weighted by Gasteiger charge is 2.32. The van der Waals surface area contributed by atoms with Crippen LogP contribution in [0.2, 0.25) is 0 Å². The maximum absolute atomic E-state index is 12.8. The van der Waals surface area contributed by atoms with E-state index in [1.807, 2.05) is 4.90 Å².